The van der Waals surface area contributed by atoms with E-state index >= 15 is 4.39 Å². The zero-order valence-electron chi connectivity index (χ0n) is 14.3. The molecule has 1 aliphatic heterocycles. The Morgan fingerprint density at radius 2 is 2.27 bits per heavy atom. The molecule has 0 spiro atoms. The van der Waals surface area contributed by atoms with Crippen LogP contribution in [-0.4, -0.2) is 34.8 Å². The third kappa shape index (κ3) is 2.53. The fraction of sp³-hybridized carbons (Fsp3) is 0.389. The van der Waals surface area contributed by atoms with Gasteiger partial charge in [-0.05, 0) is 43.4 Å². The average Bonchev–Trinajstić information content (AvgIpc) is 3.13. The van der Waals surface area contributed by atoms with Crippen molar-refractivity contribution >= 4 is 17.7 Å². The first-order valence-electron chi connectivity index (χ1n) is 8.66. The fourth-order valence-corrected chi connectivity index (χ4v) is 3.71. The van der Waals surface area contributed by atoms with Gasteiger partial charge < -0.3 is 10.5 Å². The Hall–Kier alpha value is -2.90. The van der Waals surface area contributed by atoms with E-state index in [-0.39, 0.29) is 6.54 Å². The zero-order chi connectivity index (χ0) is 18.4. The standard InChI is InChI=1S/C18H19FN4O3/c1-2-13-11-5-3-4-9-6-10(7-12(19)15(9)16(11)22-21-13)23-8-14(17(20)24)26-18(23)25/h6-7,14H,2-5,8H2,1H3,(H2,20,24)(H,21,22)/t14-/m1/s1. The maximum Gasteiger partial charge on any atom is 0.415 e. The average molecular weight is 358 g/mol. The summed E-state index contributed by atoms with van der Waals surface area (Å²) >= 11 is 0. The number of benzene rings is 1. The first-order chi connectivity index (χ1) is 12.5. The van der Waals surface area contributed by atoms with Crippen molar-refractivity contribution in [2.45, 2.75) is 38.7 Å². The number of nitrogens with two attached hydrogens (primary N) is 1. The Morgan fingerprint density at radius 3 is 2.96 bits per heavy atom. The number of anilines is 1. The summed E-state index contributed by atoms with van der Waals surface area (Å²) in [6, 6.07) is 3.07. The molecular weight excluding hydrogens is 339 g/mol. The summed E-state index contributed by atoms with van der Waals surface area (Å²) in [5, 5.41) is 7.34. The summed E-state index contributed by atoms with van der Waals surface area (Å²) in [7, 11) is 0. The molecule has 3 N–H and O–H groups in total. The van der Waals surface area contributed by atoms with Gasteiger partial charge in [0, 0.05) is 16.8 Å². The number of aromatic amines is 1. The summed E-state index contributed by atoms with van der Waals surface area (Å²) < 4.78 is 20.0. The van der Waals surface area contributed by atoms with E-state index in [9.17, 15) is 9.59 Å². The van der Waals surface area contributed by atoms with Crippen molar-refractivity contribution in [3.63, 3.8) is 0 Å². The molecule has 1 atom stereocenters. The zero-order valence-corrected chi connectivity index (χ0v) is 14.3. The van der Waals surface area contributed by atoms with Crippen molar-refractivity contribution in [2.24, 2.45) is 5.73 Å². The van der Waals surface area contributed by atoms with Crippen LogP contribution in [0.15, 0.2) is 12.1 Å². The summed E-state index contributed by atoms with van der Waals surface area (Å²) in [6.45, 7) is 2.02. The van der Waals surface area contributed by atoms with Crippen LogP contribution in [0.25, 0.3) is 11.3 Å². The van der Waals surface area contributed by atoms with Crippen molar-refractivity contribution in [3.05, 3.63) is 34.8 Å². The first kappa shape index (κ1) is 16.6. The number of halogens is 1. The molecule has 2 amide bonds. The molecule has 0 bridgehead atoms. The van der Waals surface area contributed by atoms with Crippen LogP contribution in [0.3, 0.4) is 0 Å². The van der Waals surface area contributed by atoms with E-state index in [1.165, 1.54) is 11.0 Å². The lowest BCUT2D eigenvalue weighted by molar-refractivity contribution is -0.124. The van der Waals surface area contributed by atoms with Crippen LogP contribution in [0.5, 0.6) is 0 Å². The van der Waals surface area contributed by atoms with Crippen molar-refractivity contribution in [1.82, 2.24) is 10.2 Å². The molecule has 1 saturated heterocycles. The number of carbonyl (C=O) groups excluding carboxylic acids is 2. The molecule has 136 valence electrons. The number of H-pyrrole nitrogens is 1. The highest BCUT2D eigenvalue weighted by Gasteiger charge is 2.36. The lowest BCUT2D eigenvalue weighted by atomic mass is 9.99. The monoisotopic (exact) mass is 358 g/mol. The molecule has 1 aromatic heterocycles. The Morgan fingerprint density at radius 1 is 1.46 bits per heavy atom. The van der Waals surface area contributed by atoms with Crippen molar-refractivity contribution in [2.75, 3.05) is 11.4 Å². The van der Waals surface area contributed by atoms with Crippen LogP contribution < -0.4 is 10.6 Å². The Balaban J connectivity index is 1.77. The predicted molar refractivity (Wildman–Crippen MR) is 92.2 cm³/mol. The van der Waals surface area contributed by atoms with E-state index in [1.54, 1.807) is 6.07 Å². The third-order valence-corrected chi connectivity index (χ3v) is 5.01. The van der Waals surface area contributed by atoms with Crippen molar-refractivity contribution in [3.8, 4) is 11.3 Å². The van der Waals surface area contributed by atoms with Gasteiger partial charge in [0.05, 0.1) is 17.9 Å². The Labute approximate surface area is 149 Å². The maximum atomic E-state index is 15.0. The summed E-state index contributed by atoms with van der Waals surface area (Å²) in [6.07, 6.45) is 1.47. The Kier molecular flexibility index (Phi) is 3.90. The number of ether oxygens (including phenoxy) is 1. The molecule has 0 radical (unpaired) electrons. The van der Waals surface area contributed by atoms with Crippen LogP contribution >= 0.6 is 0 Å². The number of nitrogens with one attached hydrogen (secondary N) is 1. The minimum absolute atomic E-state index is 0.0139. The predicted octanol–water partition coefficient (Wildman–Crippen LogP) is 2.08. The molecule has 2 heterocycles. The lowest BCUT2D eigenvalue weighted by Crippen LogP contribution is -2.32. The van der Waals surface area contributed by atoms with E-state index in [1.807, 2.05) is 6.92 Å². The third-order valence-electron chi connectivity index (χ3n) is 5.01. The van der Waals surface area contributed by atoms with Gasteiger partial charge in [0.25, 0.3) is 5.91 Å². The van der Waals surface area contributed by atoms with E-state index in [2.05, 4.69) is 10.2 Å². The van der Waals surface area contributed by atoms with Gasteiger partial charge in [-0.25, -0.2) is 9.18 Å². The van der Waals surface area contributed by atoms with Crippen molar-refractivity contribution < 1.29 is 18.7 Å². The molecular formula is C18H19FN4O3. The number of carbonyl (C=O) groups is 2. The van der Waals surface area contributed by atoms with Gasteiger partial charge in [-0.1, -0.05) is 6.92 Å². The maximum absolute atomic E-state index is 15.0. The van der Waals surface area contributed by atoms with Gasteiger partial charge in [0.15, 0.2) is 6.10 Å². The number of fused-ring (bicyclic) bond motifs is 3. The largest absolute Gasteiger partial charge is 0.434 e. The van der Waals surface area contributed by atoms with Crippen LogP contribution in [0.1, 0.15) is 30.2 Å². The van der Waals surface area contributed by atoms with Crippen molar-refractivity contribution in [1.29, 1.82) is 0 Å². The molecule has 7 nitrogen and oxygen atoms in total. The number of hydrogen-bond donors (Lipinski definition) is 2. The normalized spacial score (nSPS) is 18.9. The second kappa shape index (κ2) is 6.12. The van der Waals surface area contributed by atoms with Crippen LogP contribution in [0.4, 0.5) is 14.9 Å². The number of amides is 2. The molecule has 1 fully saturated rings. The molecule has 2 aromatic rings. The SMILES string of the molecule is CCc1[nH]nc2c1CCCc1cc(N3C[C@H](C(N)=O)OC3=O)cc(F)c1-2. The second-order valence-electron chi connectivity index (χ2n) is 6.58. The topological polar surface area (TPSA) is 101 Å². The fourth-order valence-electron chi connectivity index (χ4n) is 3.71. The van der Waals surface area contributed by atoms with Crippen LogP contribution in [-0.2, 0) is 28.8 Å². The number of nitrogens with zero attached hydrogens (tertiary/aromatic N) is 2. The highest BCUT2D eigenvalue weighted by molar-refractivity contribution is 5.95. The number of rotatable bonds is 3. The molecule has 0 unspecified atom stereocenters. The minimum Gasteiger partial charge on any atom is -0.434 e. The van der Waals surface area contributed by atoms with Gasteiger partial charge >= 0.3 is 6.09 Å². The Bertz CT molecular complexity index is 908. The van der Waals surface area contributed by atoms with Crippen LogP contribution in [0, 0.1) is 5.82 Å². The lowest BCUT2D eigenvalue weighted by Gasteiger charge is -2.16. The number of aromatic nitrogens is 2. The smallest absolute Gasteiger partial charge is 0.415 e. The molecule has 0 saturated carbocycles. The van der Waals surface area contributed by atoms with Gasteiger partial charge in [-0.15, -0.1) is 0 Å². The molecule has 2 aliphatic rings. The molecule has 4 rings (SSSR count). The quantitative estimate of drug-likeness (QED) is 0.877. The van der Waals surface area contributed by atoms with Gasteiger partial charge in [0.1, 0.15) is 5.82 Å². The van der Waals surface area contributed by atoms with Gasteiger partial charge in [-0.3, -0.25) is 14.8 Å². The summed E-state index contributed by atoms with van der Waals surface area (Å²) in [4.78, 5) is 24.5. The molecule has 26 heavy (non-hydrogen) atoms. The molecule has 1 aromatic carbocycles. The van der Waals surface area contributed by atoms with Gasteiger partial charge in [0.2, 0.25) is 0 Å². The number of primary amides is 1. The highest BCUT2D eigenvalue weighted by atomic mass is 19.1. The summed E-state index contributed by atoms with van der Waals surface area (Å²) in [5.41, 5.74) is 9.59. The molecule has 1 aliphatic carbocycles. The van der Waals surface area contributed by atoms with Gasteiger partial charge in [-0.2, -0.15) is 5.10 Å². The highest BCUT2D eigenvalue weighted by Crippen LogP contribution is 2.37. The number of cyclic esters (lactones) is 1. The number of aryl methyl sites for hydroxylation is 2. The number of hydrogen-bond acceptors (Lipinski definition) is 4. The van der Waals surface area contributed by atoms with E-state index < -0.39 is 23.9 Å². The van der Waals surface area contributed by atoms with E-state index in [0.717, 1.165) is 36.1 Å². The summed E-state index contributed by atoms with van der Waals surface area (Å²) in [5.74, 6) is -1.16. The van der Waals surface area contributed by atoms with E-state index in [0.29, 0.717) is 23.4 Å². The minimum atomic E-state index is -1.02. The first-order valence-corrected chi connectivity index (χ1v) is 8.66. The second-order valence-corrected chi connectivity index (χ2v) is 6.58. The van der Waals surface area contributed by atoms with Crippen LogP contribution in [0.2, 0.25) is 0 Å². The van der Waals surface area contributed by atoms with E-state index in [4.69, 9.17) is 10.5 Å². The molecule has 8 heteroatoms.